The molecule has 1 aliphatic rings. The number of amides is 1. The summed E-state index contributed by atoms with van der Waals surface area (Å²) in [4.78, 5) is 21.2. The molecule has 8 heteroatoms. The number of carbonyl (C=O) groups excluding carboxylic acids is 1. The van der Waals surface area contributed by atoms with Crippen LogP contribution in [0.1, 0.15) is 50.6 Å². The Labute approximate surface area is 180 Å². The van der Waals surface area contributed by atoms with Crippen molar-refractivity contribution >= 4 is 35.8 Å². The van der Waals surface area contributed by atoms with Gasteiger partial charge in [0.1, 0.15) is 5.76 Å². The quantitative estimate of drug-likeness (QED) is 0.390. The molecule has 154 valence electrons. The molecule has 2 heterocycles. The number of nitrogens with zero attached hydrogens (tertiary/aromatic N) is 4. The lowest BCUT2D eigenvalue weighted by molar-refractivity contribution is -0.135. The summed E-state index contributed by atoms with van der Waals surface area (Å²) in [6.45, 7) is 16.7. The van der Waals surface area contributed by atoms with Crippen molar-refractivity contribution < 1.29 is 9.32 Å². The van der Waals surface area contributed by atoms with E-state index >= 15 is 0 Å². The number of halogens is 1. The smallest absolute Gasteiger partial charge is 0.225 e. The fourth-order valence-electron chi connectivity index (χ4n) is 3.44. The number of aryl methyl sites for hydroxylation is 2. The molecule has 1 N–H and O–H groups in total. The van der Waals surface area contributed by atoms with E-state index in [1.54, 1.807) is 0 Å². The van der Waals surface area contributed by atoms with Crippen molar-refractivity contribution in [3.63, 3.8) is 0 Å². The summed E-state index contributed by atoms with van der Waals surface area (Å²) in [6, 6.07) is 0. The number of hydrogen-bond acceptors (Lipinski definition) is 4. The van der Waals surface area contributed by atoms with Gasteiger partial charge in [-0.15, -0.1) is 24.0 Å². The molecule has 0 radical (unpaired) electrons. The van der Waals surface area contributed by atoms with Gasteiger partial charge in [0.25, 0.3) is 0 Å². The molecule has 2 rings (SSSR count). The number of aromatic nitrogens is 1. The number of carbonyl (C=O) groups is 1. The zero-order valence-corrected chi connectivity index (χ0v) is 19.7. The Bertz CT molecular complexity index is 617. The molecule has 1 unspecified atom stereocenters. The van der Waals surface area contributed by atoms with E-state index < -0.39 is 0 Å². The Morgan fingerprint density at radius 1 is 1.19 bits per heavy atom. The van der Waals surface area contributed by atoms with Crippen molar-refractivity contribution in [1.29, 1.82) is 0 Å². The first-order valence-electron chi connectivity index (χ1n) is 9.59. The normalized spacial score (nSPS) is 16.3. The van der Waals surface area contributed by atoms with Crippen LogP contribution in [0.3, 0.4) is 0 Å². The number of guanidine groups is 1. The van der Waals surface area contributed by atoms with E-state index in [4.69, 9.17) is 9.52 Å². The van der Waals surface area contributed by atoms with E-state index in [2.05, 4.69) is 29.2 Å². The predicted octanol–water partition coefficient (Wildman–Crippen LogP) is 2.78. The number of hydrogen-bond donors (Lipinski definition) is 1. The van der Waals surface area contributed by atoms with E-state index in [9.17, 15) is 4.79 Å². The number of rotatable bonds is 5. The minimum Gasteiger partial charge on any atom is -0.361 e. The van der Waals surface area contributed by atoms with Crippen molar-refractivity contribution in [1.82, 2.24) is 20.3 Å². The highest BCUT2D eigenvalue weighted by atomic mass is 127. The lowest BCUT2D eigenvalue weighted by Gasteiger charge is -2.37. The molecule has 27 heavy (non-hydrogen) atoms. The van der Waals surface area contributed by atoms with Gasteiger partial charge in [-0.1, -0.05) is 25.9 Å². The Balaban J connectivity index is 0.00000364. The van der Waals surface area contributed by atoms with Crippen LogP contribution in [0.15, 0.2) is 9.52 Å². The van der Waals surface area contributed by atoms with Crippen LogP contribution in [0.2, 0.25) is 0 Å². The molecule has 1 fully saturated rings. The highest BCUT2D eigenvalue weighted by Crippen LogP contribution is 2.23. The second-order valence-corrected chi connectivity index (χ2v) is 7.30. The maximum absolute atomic E-state index is 12.2. The summed E-state index contributed by atoms with van der Waals surface area (Å²) < 4.78 is 5.28. The van der Waals surface area contributed by atoms with Gasteiger partial charge in [-0.05, 0) is 20.8 Å². The van der Waals surface area contributed by atoms with Gasteiger partial charge in [-0.3, -0.25) is 9.79 Å². The highest BCUT2D eigenvalue weighted by molar-refractivity contribution is 14.0. The number of nitrogens with one attached hydrogen (secondary N) is 1. The van der Waals surface area contributed by atoms with E-state index in [1.165, 1.54) is 0 Å². The van der Waals surface area contributed by atoms with Crippen LogP contribution in [0.25, 0.3) is 0 Å². The Morgan fingerprint density at radius 2 is 1.78 bits per heavy atom. The van der Waals surface area contributed by atoms with Gasteiger partial charge in [-0.25, -0.2) is 0 Å². The molecule has 1 atom stereocenters. The monoisotopic (exact) mass is 491 g/mol. The topological polar surface area (TPSA) is 74.0 Å². The van der Waals surface area contributed by atoms with Crippen LogP contribution in [0, 0.1) is 19.8 Å². The van der Waals surface area contributed by atoms with Gasteiger partial charge >= 0.3 is 0 Å². The second-order valence-electron chi connectivity index (χ2n) is 7.30. The van der Waals surface area contributed by atoms with Crippen molar-refractivity contribution in [2.45, 2.75) is 47.5 Å². The number of piperazine rings is 1. The second kappa shape index (κ2) is 10.9. The molecule has 0 aliphatic carbocycles. The van der Waals surface area contributed by atoms with Gasteiger partial charge in [0.2, 0.25) is 5.91 Å². The summed E-state index contributed by atoms with van der Waals surface area (Å²) in [6.07, 6.45) is 0. The van der Waals surface area contributed by atoms with Crippen LogP contribution in [-0.4, -0.2) is 66.1 Å². The fourth-order valence-corrected chi connectivity index (χ4v) is 3.44. The minimum atomic E-state index is 0. The number of aliphatic imine (C=N–C) groups is 1. The summed E-state index contributed by atoms with van der Waals surface area (Å²) in [5, 5.41) is 7.42. The maximum Gasteiger partial charge on any atom is 0.225 e. The molecule has 0 bridgehead atoms. The van der Waals surface area contributed by atoms with Gasteiger partial charge in [0, 0.05) is 56.7 Å². The van der Waals surface area contributed by atoms with Gasteiger partial charge in [-0.2, -0.15) is 0 Å². The average molecular weight is 491 g/mol. The van der Waals surface area contributed by atoms with Gasteiger partial charge in [0.05, 0.1) is 5.69 Å². The predicted molar refractivity (Wildman–Crippen MR) is 119 cm³/mol. The molecular weight excluding hydrogens is 457 g/mol. The van der Waals surface area contributed by atoms with Crippen LogP contribution >= 0.6 is 24.0 Å². The lowest BCUT2D eigenvalue weighted by Crippen LogP contribution is -2.54. The maximum atomic E-state index is 12.2. The third-order valence-corrected chi connectivity index (χ3v) is 4.82. The van der Waals surface area contributed by atoms with Crippen LogP contribution in [-0.2, 0) is 4.79 Å². The SMILES string of the molecule is CCNC(=NCC(C)c1c(C)noc1C)N1CCN(C(=O)C(C)C)CC1.I. The first-order valence-corrected chi connectivity index (χ1v) is 9.59. The highest BCUT2D eigenvalue weighted by Gasteiger charge is 2.24. The van der Waals surface area contributed by atoms with Crippen molar-refractivity contribution in [3.8, 4) is 0 Å². The van der Waals surface area contributed by atoms with Gasteiger partial charge in [0.15, 0.2) is 5.96 Å². The Morgan fingerprint density at radius 3 is 2.26 bits per heavy atom. The summed E-state index contributed by atoms with van der Waals surface area (Å²) in [5.74, 6) is 2.33. The zero-order chi connectivity index (χ0) is 19.3. The van der Waals surface area contributed by atoms with Crippen LogP contribution < -0.4 is 5.32 Å². The first-order chi connectivity index (χ1) is 12.3. The molecule has 1 saturated heterocycles. The van der Waals surface area contributed by atoms with Crippen molar-refractivity contribution in [2.75, 3.05) is 39.3 Å². The van der Waals surface area contributed by atoms with E-state index in [-0.39, 0.29) is 41.7 Å². The largest absolute Gasteiger partial charge is 0.361 e. The zero-order valence-electron chi connectivity index (χ0n) is 17.4. The molecule has 1 amide bonds. The standard InChI is InChI=1S/C19H33N5O2.HI/c1-7-20-19(21-12-14(4)17-15(5)22-26-16(17)6)24-10-8-23(9-11-24)18(25)13(2)3;/h13-14H,7-12H2,1-6H3,(H,20,21);1H. The van der Waals surface area contributed by atoms with Crippen LogP contribution in [0.5, 0.6) is 0 Å². The average Bonchev–Trinajstić information content (AvgIpc) is 2.96. The summed E-state index contributed by atoms with van der Waals surface area (Å²) in [7, 11) is 0. The molecule has 7 nitrogen and oxygen atoms in total. The van der Waals surface area contributed by atoms with Crippen molar-refractivity contribution in [3.05, 3.63) is 17.0 Å². The third kappa shape index (κ3) is 6.08. The minimum absolute atomic E-state index is 0. The molecule has 1 aromatic rings. The molecule has 1 aliphatic heterocycles. The van der Waals surface area contributed by atoms with E-state index in [0.717, 1.165) is 55.7 Å². The molecular formula is C19H34IN5O2. The molecule has 0 spiro atoms. The fraction of sp³-hybridized carbons (Fsp3) is 0.737. The van der Waals surface area contributed by atoms with Crippen LogP contribution in [0.4, 0.5) is 0 Å². The van der Waals surface area contributed by atoms with Crippen molar-refractivity contribution in [2.24, 2.45) is 10.9 Å². The van der Waals surface area contributed by atoms with E-state index in [0.29, 0.717) is 6.54 Å². The third-order valence-electron chi connectivity index (χ3n) is 4.82. The summed E-state index contributed by atoms with van der Waals surface area (Å²) in [5.41, 5.74) is 2.09. The Hall–Kier alpha value is -1.32. The molecule has 1 aromatic heterocycles. The molecule has 0 saturated carbocycles. The summed E-state index contributed by atoms with van der Waals surface area (Å²) >= 11 is 0. The Kier molecular flexibility index (Phi) is 9.55. The molecule has 0 aromatic carbocycles. The first kappa shape index (κ1) is 23.7. The van der Waals surface area contributed by atoms with E-state index in [1.807, 2.05) is 32.6 Å². The lowest BCUT2D eigenvalue weighted by atomic mass is 10.00. The van der Waals surface area contributed by atoms with Gasteiger partial charge < -0.3 is 19.6 Å².